The minimum Gasteiger partial charge on any atom is -0.493 e. The number of hydrogen-bond donors (Lipinski definition) is 1. The third-order valence-electron chi connectivity index (χ3n) is 3.68. The topological polar surface area (TPSA) is 68.7 Å². The molecule has 0 unspecified atom stereocenters. The zero-order valence-corrected chi connectivity index (χ0v) is 15.6. The SMILES string of the molecule is COc1ccc(CNc2nc(N(C)C)cc(C(F)(F)F)n2)c(OC)c1OC. The lowest BCUT2D eigenvalue weighted by atomic mass is 10.1. The molecule has 2 aromatic rings. The van der Waals surface area contributed by atoms with Crippen LogP contribution < -0.4 is 24.4 Å². The number of halogens is 3. The van der Waals surface area contributed by atoms with Crippen LogP contribution >= 0.6 is 0 Å². The van der Waals surface area contributed by atoms with E-state index in [0.29, 0.717) is 22.8 Å². The van der Waals surface area contributed by atoms with Crippen LogP contribution in [0, 0.1) is 0 Å². The van der Waals surface area contributed by atoms with E-state index in [1.165, 1.54) is 26.2 Å². The number of nitrogens with zero attached hydrogens (tertiary/aromatic N) is 3. The van der Waals surface area contributed by atoms with Gasteiger partial charge in [-0.3, -0.25) is 0 Å². The van der Waals surface area contributed by atoms with E-state index in [0.717, 1.165) is 6.07 Å². The van der Waals surface area contributed by atoms with E-state index in [4.69, 9.17) is 14.2 Å². The van der Waals surface area contributed by atoms with Gasteiger partial charge in [-0.15, -0.1) is 0 Å². The lowest BCUT2D eigenvalue weighted by Crippen LogP contribution is -2.17. The second-order valence-electron chi connectivity index (χ2n) is 5.67. The van der Waals surface area contributed by atoms with Crippen molar-refractivity contribution in [3.63, 3.8) is 0 Å². The van der Waals surface area contributed by atoms with Gasteiger partial charge in [-0.25, -0.2) is 4.98 Å². The van der Waals surface area contributed by atoms with Gasteiger partial charge >= 0.3 is 6.18 Å². The fraction of sp³-hybridized carbons (Fsp3) is 0.412. The third kappa shape index (κ3) is 4.63. The van der Waals surface area contributed by atoms with Gasteiger partial charge in [0.25, 0.3) is 0 Å². The van der Waals surface area contributed by atoms with Gasteiger partial charge in [-0.2, -0.15) is 18.2 Å². The second kappa shape index (κ2) is 8.19. The van der Waals surface area contributed by atoms with Gasteiger partial charge in [-0.1, -0.05) is 0 Å². The molecule has 0 aliphatic rings. The molecule has 1 aromatic heterocycles. The number of benzene rings is 1. The molecule has 1 aromatic carbocycles. The number of rotatable bonds is 7. The van der Waals surface area contributed by atoms with Crippen LogP contribution in [-0.2, 0) is 12.7 Å². The molecular formula is C17H21F3N4O3. The van der Waals surface area contributed by atoms with Crippen molar-refractivity contribution in [2.75, 3.05) is 45.6 Å². The zero-order valence-electron chi connectivity index (χ0n) is 15.6. The maximum atomic E-state index is 13.1. The molecule has 148 valence electrons. The quantitative estimate of drug-likeness (QED) is 0.784. The van der Waals surface area contributed by atoms with E-state index in [-0.39, 0.29) is 18.3 Å². The molecule has 2 rings (SSSR count). The Morgan fingerprint density at radius 2 is 1.67 bits per heavy atom. The van der Waals surface area contributed by atoms with Gasteiger partial charge in [0.2, 0.25) is 11.7 Å². The molecule has 0 saturated carbocycles. The second-order valence-corrected chi connectivity index (χ2v) is 5.67. The summed E-state index contributed by atoms with van der Waals surface area (Å²) in [6, 6.07) is 4.28. The monoisotopic (exact) mass is 386 g/mol. The van der Waals surface area contributed by atoms with Crippen molar-refractivity contribution in [1.29, 1.82) is 0 Å². The van der Waals surface area contributed by atoms with Gasteiger partial charge in [-0.05, 0) is 12.1 Å². The average Bonchev–Trinajstić information content (AvgIpc) is 2.64. The first-order valence-electron chi connectivity index (χ1n) is 7.86. The lowest BCUT2D eigenvalue weighted by molar-refractivity contribution is -0.141. The van der Waals surface area contributed by atoms with Crippen molar-refractivity contribution < 1.29 is 27.4 Å². The molecule has 10 heteroatoms. The molecule has 0 amide bonds. The smallest absolute Gasteiger partial charge is 0.433 e. The molecule has 0 saturated heterocycles. The predicted octanol–water partition coefficient (Wildman–Crippen LogP) is 3.20. The highest BCUT2D eigenvalue weighted by Gasteiger charge is 2.34. The highest BCUT2D eigenvalue weighted by atomic mass is 19.4. The molecule has 0 fully saturated rings. The molecule has 0 aliphatic heterocycles. The van der Waals surface area contributed by atoms with Crippen LogP contribution in [0.25, 0.3) is 0 Å². The highest BCUT2D eigenvalue weighted by Crippen LogP contribution is 2.40. The predicted molar refractivity (Wildman–Crippen MR) is 94.8 cm³/mol. The van der Waals surface area contributed by atoms with E-state index in [1.807, 2.05) is 0 Å². The van der Waals surface area contributed by atoms with E-state index >= 15 is 0 Å². The maximum Gasteiger partial charge on any atom is 0.433 e. The molecule has 0 aliphatic carbocycles. The Morgan fingerprint density at radius 3 is 2.19 bits per heavy atom. The number of aromatic nitrogens is 2. The standard InChI is InChI=1S/C17H21F3N4O3/c1-24(2)13-8-12(17(18,19)20)22-16(23-13)21-9-10-6-7-11(25-3)15(27-5)14(10)26-4/h6-8H,9H2,1-5H3,(H,21,22,23). The van der Waals surface area contributed by atoms with Crippen LogP contribution in [0.5, 0.6) is 17.2 Å². The van der Waals surface area contributed by atoms with Gasteiger partial charge in [0.05, 0.1) is 21.3 Å². The summed E-state index contributed by atoms with van der Waals surface area (Å²) >= 11 is 0. The first-order chi connectivity index (χ1) is 12.7. The Labute approximate surface area is 155 Å². The molecule has 0 spiro atoms. The summed E-state index contributed by atoms with van der Waals surface area (Å²) in [4.78, 5) is 9.13. The number of anilines is 2. The van der Waals surface area contributed by atoms with Crippen molar-refractivity contribution in [1.82, 2.24) is 9.97 Å². The Hall–Kier alpha value is -2.91. The van der Waals surface area contributed by atoms with E-state index in [1.54, 1.807) is 26.2 Å². The molecule has 0 radical (unpaired) electrons. The van der Waals surface area contributed by atoms with Gasteiger partial charge < -0.3 is 24.4 Å². The number of ether oxygens (including phenoxy) is 3. The Kier molecular flexibility index (Phi) is 6.19. The summed E-state index contributed by atoms with van der Waals surface area (Å²) in [5.41, 5.74) is -0.384. The molecular weight excluding hydrogens is 365 g/mol. The fourth-order valence-corrected chi connectivity index (χ4v) is 2.36. The van der Waals surface area contributed by atoms with Crippen molar-refractivity contribution >= 4 is 11.8 Å². The fourth-order valence-electron chi connectivity index (χ4n) is 2.36. The summed E-state index contributed by atoms with van der Waals surface area (Å²) in [6.45, 7) is 0.123. The van der Waals surface area contributed by atoms with Crippen LogP contribution in [0.2, 0.25) is 0 Å². The Balaban J connectivity index is 2.35. The molecule has 27 heavy (non-hydrogen) atoms. The average molecular weight is 386 g/mol. The van der Waals surface area contributed by atoms with Gasteiger partial charge in [0.15, 0.2) is 17.2 Å². The van der Waals surface area contributed by atoms with E-state index < -0.39 is 11.9 Å². The van der Waals surface area contributed by atoms with Crippen LogP contribution in [-0.4, -0.2) is 45.4 Å². The van der Waals surface area contributed by atoms with Crippen molar-refractivity contribution in [2.45, 2.75) is 12.7 Å². The van der Waals surface area contributed by atoms with Crippen LogP contribution in [0.3, 0.4) is 0 Å². The van der Waals surface area contributed by atoms with Crippen LogP contribution in [0.15, 0.2) is 18.2 Å². The molecule has 1 N–H and O–H groups in total. The number of alkyl halides is 3. The number of nitrogens with one attached hydrogen (secondary N) is 1. The largest absolute Gasteiger partial charge is 0.493 e. The van der Waals surface area contributed by atoms with Gasteiger partial charge in [0, 0.05) is 32.3 Å². The zero-order chi connectivity index (χ0) is 20.2. The van der Waals surface area contributed by atoms with Crippen molar-refractivity contribution in [3.05, 3.63) is 29.5 Å². The minimum atomic E-state index is -4.58. The Morgan fingerprint density at radius 1 is 1.00 bits per heavy atom. The van der Waals surface area contributed by atoms with E-state index in [2.05, 4.69) is 15.3 Å². The summed E-state index contributed by atoms with van der Waals surface area (Å²) < 4.78 is 55.1. The molecule has 7 nitrogen and oxygen atoms in total. The molecule has 1 heterocycles. The summed E-state index contributed by atoms with van der Waals surface area (Å²) in [5, 5.41) is 2.81. The maximum absolute atomic E-state index is 13.1. The van der Waals surface area contributed by atoms with Crippen LogP contribution in [0.4, 0.5) is 24.9 Å². The first kappa shape index (κ1) is 20.4. The van der Waals surface area contributed by atoms with Gasteiger partial charge in [0.1, 0.15) is 5.82 Å². The number of hydrogen-bond acceptors (Lipinski definition) is 7. The summed E-state index contributed by atoms with van der Waals surface area (Å²) in [5.74, 6) is 1.26. The minimum absolute atomic E-state index is 0.123. The normalized spacial score (nSPS) is 11.1. The lowest BCUT2D eigenvalue weighted by Gasteiger charge is -2.18. The molecule has 0 bridgehead atoms. The molecule has 0 atom stereocenters. The first-order valence-corrected chi connectivity index (χ1v) is 7.86. The summed E-state index contributed by atoms with van der Waals surface area (Å²) in [7, 11) is 7.63. The van der Waals surface area contributed by atoms with Crippen LogP contribution in [0.1, 0.15) is 11.3 Å². The van der Waals surface area contributed by atoms with E-state index in [9.17, 15) is 13.2 Å². The summed E-state index contributed by atoms with van der Waals surface area (Å²) in [6.07, 6.45) is -4.58. The number of methoxy groups -OCH3 is 3. The Bertz CT molecular complexity index is 798. The highest BCUT2D eigenvalue weighted by molar-refractivity contribution is 5.56. The van der Waals surface area contributed by atoms with Crippen molar-refractivity contribution in [2.24, 2.45) is 0 Å². The van der Waals surface area contributed by atoms with Crippen molar-refractivity contribution in [3.8, 4) is 17.2 Å². The third-order valence-corrected chi connectivity index (χ3v) is 3.68.